The number of amides is 1. The number of carbonyl (C=O) groups excluding carboxylic acids is 1. The third-order valence-corrected chi connectivity index (χ3v) is 3.40. The molecule has 0 radical (unpaired) electrons. The molecule has 0 saturated carbocycles. The zero-order chi connectivity index (χ0) is 13.2. The van der Waals surface area contributed by atoms with Crippen molar-refractivity contribution in [2.75, 3.05) is 16.8 Å². The summed E-state index contributed by atoms with van der Waals surface area (Å²) in [6.07, 6.45) is 4.16. The molecule has 1 aliphatic rings. The summed E-state index contributed by atoms with van der Waals surface area (Å²) in [4.78, 5) is 18.1. The van der Waals surface area contributed by atoms with Crippen LogP contribution in [0.1, 0.15) is 12.1 Å². The van der Waals surface area contributed by atoms with Crippen LogP contribution in [0.5, 0.6) is 0 Å². The van der Waals surface area contributed by atoms with E-state index < -0.39 is 0 Å². The first kappa shape index (κ1) is 11.8. The standard InChI is InChI=1S/C14H16N4O/c1-17-10-15-8-11(17)9-18-7-6-14(19)16-12-4-2-3-5-13(12)18/h2-5,8,10H,6-7,9H2,1H3,(H,16,19). The minimum atomic E-state index is 0.0694. The van der Waals surface area contributed by atoms with Crippen LogP contribution >= 0.6 is 0 Å². The summed E-state index contributed by atoms with van der Waals surface area (Å²) in [5.41, 5.74) is 3.07. The molecule has 5 heteroatoms. The Morgan fingerprint density at radius 3 is 3.00 bits per heavy atom. The highest BCUT2D eigenvalue weighted by Gasteiger charge is 2.19. The molecule has 2 aromatic rings. The number of aromatic nitrogens is 2. The lowest BCUT2D eigenvalue weighted by atomic mass is 10.2. The van der Waals surface area contributed by atoms with E-state index in [0.717, 1.165) is 23.6 Å². The van der Waals surface area contributed by atoms with E-state index in [1.807, 2.05) is 42.1 Å². The molecule has 19 heavy (non-hydrogen) atoms. The third-order valence-electron chi connectivity index (χ3n) is 3.40. The molecule has 0 saturated heterocycles. The van der Waals surface area contributed by atoms with Gasteiger partial charge in [-0.15, -0.1) is 0 Å². The molecule has 0 fully saturated rings. The van der Waals surface area contributed by atoms with Gasteiger partial charge < -0.3 is 14.8 Å². The molecule has 0 atom stereocenters. The van der Waals surface area contributed by atoms with E-state index in [4.69, 9.17) is 0 Å². The number of nitrogens with zero attached hydrogens (tertiary/aromatic N) is 3. The van der Waals surface area contributed by atoms with E-state index in [2.05, 4.69) is 15.2 Å². The van der Waals surface area contributed by atoms with Crippen LogP contribution in [-0.2, 0) is 18.4 Å². The number of fused-ring (bicyclic) bond motifs is 1. The number of imidazole rings is 1. The molecule has 0 bridgehead atoms. The van der Waals surface area contributed by atoms with Gasteiger partial charge in [-0.05, 0) is 12.1 Å². The maximum atomic E-state index is 11.7. The van der Waals surface area contributed by atoms with Crippen LogP contribution in [0.2, 0.25) is 0 Å². The van der Waals surface area contributed by atoms with E-state index in [1.54, 1.807) is 6.33 Å². The zero-order valence-corrected chi connectivity index (χ0v) is 10.8. The second-order valence-corrected chi connectivity index (χ2v) is 4.73. The van der Waals surface area contributed by atoms with Gasteiger partial charge in [-0.3, -0.25) is 4.79 Å². The average molecular weight is 256 g/mol. The van der Waals surface area contributed by atoms with Crippen LogP contribution in [0.4, 0.5) is 11.4 Å². The molecule has 0 spiro atoms. The fraction of sp³-hybridized carbons (Fsp3) is 0.286. The molecule has 0 unspecified atom stereocenters. The van der Waals surface area contributed by atoms with Gasteiger partial charge in [0.1, 0.15) is 0 Å². The molecule has 1 aromatic heterocycles. The predicted molar refractivity (Wildman–Crippen MR) is 73.9 cm³/mol. The molecule has 5 nitrogen and oxygen atoms in total. The Bertz CT molecular complexity index is 605. The van der Waals surface area contributed by atoms with Gasteiger partial charge in [0.25, 0.3) is 0 Å². The number of carbonyl (C=O) groups is 1. The number of hydrogen-bond donors (Lipinski definition) is 1. The van der Waals surface area contributed by atoms with Crippen LogP contribution in [0, 0.1) is 0 Å². The molecule has 1 aliphatic heterocycles. The third kappa shape index (κ3) is 2.31. The Hall–Kier alpha value is -2.30. The molecule has 1 aromatic carbocycles. The second kappa shape index (κ2) is 4.76. The summed E-state index contributed by atoms with van der Waals surface area (Å²) in [7, 11) is 1.98. The fourth-order valence-corrected chi connectivity index (χ4v) is 2.32. The van der Waals surface area contributed by atoms with Crippen molar-refractivity contribution in [3.63, 3.8) is 0 Å². The minimum Gasteiger partial charge on any atom is -0.363 e. The van der Waals surface area contributed by atoms with Crippen molar-refractivity contribution in [3.8, 4) is 0 Å². The lowest BCUT2D eigenvalue weighted by Crippen LogP contribution is -2.25. The average Bonchev–Trinajstić information content (AvgIpc) is 2.73. The van der Waals surface area contributed by atoms with Crippen molar-refractivity contribution >= 4 is 17.3 Å². The Labute approximate surface area is 111 Å². The van der Waals surface area contributed by atoms with Crippen LogP contribution < -0.4 is 10.2 Å². The van der Waals surface area contributed by atoms with E-state index in [-0.39, 0.29) is 5.91 Å². The molecular formula is C14H16N4O. The summed E-state index contributed by atoms with van der Waals surface area (Å²) in [5, 5.41) is 2.94. The van der Waals surface area contributed by atoms with E-state index in [9.17, 15) is 4.79 Å². The highest BCUT2D eigenvalue weighted by molar-refractivity contribution is 5.96. The topological polar surface area (TPSA) is 50.2 Å². The van der Waals surface area contributed by atoms with Crippen LogP contribution in [0.3, 0.4) is 0 Å². The summed E-state index contributed by atoms with van der Waals surface area (Å²) >= 11 is 0. The van der Waals surface area contributed by atoms with E-state index in [0.29, 0.717) is 13.0 Å². The van der Waals surface area contributed by atoms with Crippen molar-refractivity contribution in [2.45, 2.75) is 13.0 Å². The van der Waals surface area contributed by atoms with Crippen molar-refractivity contribution in [3.05, 3.63) is 42.5 Å². The van der Waals surface area contributed by atoms with Crippen LogP contribution in [0.15, 0.2) is 36.8 Å². The molecule has 98 valence electrons. The van der Waals surface area contributed by atoms with Crippen LogP contribution in [-0.4, -0.2) is 22.0 Å². The zero-order valence-electron chi connectivity index (χ0n) is 10.8. The Balaban J connectivity index is 1.93. The number of nitrogens with one attached hydrogen (secondary N) is 1. The highest BCUT2D eigenvalue weighted by Crippen LogP contribution is 2.29. The van der Waals surface area contributed by atoms with Gasteiger partial charge >= 0.3 is 0 Å². The SMILES string of the molecule is Cn1cncc1CN1CCC(=O)Nc2ccccc21. The first-order valence-electron chi connectivity index (χ1n) is 6.33. The summed E-state index contributed by atoms with van der Waals surface area (Å²) in [6.45, 7) is 1.47. The quantitative estimate of drug-likeness (QED) is 0.891. The maximum absolute atomic E-state index is 11.7. The number of aryl methyl sites for hydroxylation is 1. The first-order chi connectivity index (χ1) is 9.24. The summed E-state index contributed by atoms with van der Waals surface area (Å²) in [6, 6.07) is 7.91. The number of hydrogen-bond acceptors (Lipinski definition) is 3. The number of para-hydroxylation sites is 2. The first-order valence-corrected chi connectivity index (χ1v) is 6.33. The Kier molecular flexibility index (Phi) is 2.95. The maximum Gasteiger partial charge on any atom is 0.226 e. The fourth-order valence-electron chi connectivity index (χ4n) is 2.32. The van der Waals surface area contributed by atoms with Crippen molar-refractivity contribution in [2.24, 2.45) is 7.05 Å². The smallest absolute Gasteiger partial charge is 0.226 e. The molecule has 3 rings (SSSR count). The second-order valence-electron chi connectivity index (χ2n) is 4.73. The van der Waals surface area contributed by atoms with Crippen molar-refractivity contribution in [1.29, 1.82) is 0 Å². The molecule has 0 aliphatic carbocycles. The van der Waals surface area contributed by atoms with E-state index >= 15 is 0 Å². The van der Waals surface area contributed by atoms with Gasteiger partial charge in [-0.2, -0.15) is 0 Å². The van der Waals surface area contributed by atoms with Crippen LogP contribution in [0.25, 0.3) is 0 Å². The molecule has 1 N–H and O–H groups in total. The lowest BCUT2D eigenvalue weighted by Gasteiger charge is -2.24. The van der Waals surface area contributed by atoms with Crippen molar-refractivity contribution in [1.82, 2.24) is 9.55 Å². The van der Waals surface area contributed by atoms with E-state index in [1.165, 1.54) is 0 Å². The minimum absolute atomic E-state index is 0.0694. The van der Waals surface area contributed by atoms with Crippen molar-refractivity contribution < 1.29 is 4.79 Å². The molecule has 1 amide bonds. The lowest BCUT2D eigenvalue weighted by molar-refractivity contribution is -0.115. The number of benzene rings is 1. The van der Waals surface area contributed by atoms with Gasteiger partial charge in [-0.25, -0.2) is 4.98 Å². The Morgan fingerprint density at radius 1 is 1.37 bits per heavy atom. The predicted octanol–water partition coefficient (Wildman–Crippen LogP) is 1.77. The van der Waals surface area contributed by atoms with Gasteiger partial charge in [-0.1, -0.05) is 12.1 Å². The molecular weight excluding hydrogens is 240 g/mol. The molecule has 2 heterocycles. The largest absolute Gasteiger partial charge is 0.363 e. The number of rotatable bonds is 2. The highest BCUT2D eigenvalue weighted by atomic mass is 16.1. The van der Waals surface area contributed by atoms with Gasteiger partial charge in [0.2, 0.25) is 5.91 Å². The summed E-state index contributed by atoms with van der Waals surface area (Å²) < 4.78 is 2.00. The van der Waals surface area contributed by atoms with Gasteiger partial charge in [0, 0.05) is 26.2 Å². The number of anilines is 2. The Morgan fingerprint density at radius 2 is 2.21 bits per heavy atom. The van der Waals surface area contributed by atoms with Gasteiger partial charge in [0.15, 0.2) is 0 Å². The summed E-state index contributed by atoms with van der Waals surface area (Å²) in [5.74, 6) is 0.0694. The van der Waals surface area contributed by atoms with Gasteiger partial charge in [0.05, 0.1) is 29.9 Å². The monoisotopic (exact) mass is 256 g/mol. The normalized spacial score (nSPS) is 14.8.